The van der Waals surface area contributed by atoms with Crippen LogP contribution in [0.4, 0.5) is 19.1 Å². The van der Waals surface area contributed by atoms with Gasteiger partial charge in [-0.05, 0) is 23.8 Å². The molecule has 0 atom stereocenters. The van der Waals surface area contributed by atoms with Crippen LogP contribution in [0.5, 0.6) is 0 Å². The van der Waals surface area contributed by atoms with Gasteiger partial charge in [0, 0.05) is 12.7 Å². The maximum Gasteiger partial charge on any atom is 0.433 e. The van der Waals surface area contributed by atoms with Gasteiger partial charge >= 0.3 is 6.18 Å². The number of nitrogens with one attached hydrogen (secondary N) is 1. The second-order valence-electron chi connectivity index (χ2n) is 5.30. The van der Waals surface area contributed by atoms with Crippen LogP contribution in [0.2, 0.25) is 0 Å². The maximum atomic E-state index is 12.5. The number of halogens is 3. The van der Waals surface area contributed by atoms with E-state index in [1.807, 2.05) is 0 Å². The maximum absolute atomic E-state index is 12.5. The summed E-state index contributed by atoms with van der Waals surface area (Å²) >= 11 is 0. The van der Waals surface area contributed by atoms with Gasteiger partial charge in [-0.3, -0.25) is 0 Å². The molecule has 0 unspecified atom stereocenters. The quantitative estimate of drug-likeness (QED) is 0.887. The van der Waals surface area contributed by atoms with E-state index in [-0.39, 0.29) is 5.95 Å². The molecule has 3 nitrogen and oxygen atoms in total. The number of rotatable bonds is 5. The van der Waals surface area contributed by atoms with Gasteiger partial charge in [0.2, 0.25) is 5.95 Å². The zero-order valence-corrected chi connectivity index (χ0v) is 11.6. The Hall–Kier alpha value is -1.33. The van der Waals surface area contributed by atoms with Crippen molar-refractivity contribution in [1.29, 1.82) is 0 Å². The average Bonchev–Trinajstić information content (AvgIpc) is 2.27. The molecule has 0 radical (unpaired) electrons. The molecular formula is C13H20F3N3. The van der Waals surface area contributed by atoms with Crippen LogP contribution in [0, 0.1) is 17.8 Å². The van der Waals surface area contributed by atoms with E-state index in [0.29, 0.717) is 24.3 Å². The van der Waals surface area contributed by atoms with Crippen LogP contribution < -0.4 is 5.32 Å². The van der Waals surface area contributed by atoms with E-state index in [1.165, 1.54) is 0 Å². The van der Waals surface area contributed by atoms with Crippen molar-refractivity contribution in [2.75, 3.05) is 11.9 Å². The van der Waals surface area contributed by atoms with E-state index in [4.69, 9.17) is 0 Å². The predicted octanol–water partition coefficient (Wildman–Crippen LogP) is 3.84. The first-order valence-corrected chi connectivity index (χ1v) is 6.36. The lowest BCUT2D eigenvalue weighted by Crippen LogP contribution is -2.25. The SMILES string of the molecule is CC(C)C(CNc1nccc(C(F)(F)F)n1)C(C)C. The molecule has 6 heteroatoms. The molecule has 1 N–H and O–H groups in total. The summed E-state index contributed by atoms with van der Waals surface area (Å²) in [7, 11) is 0. The fraction of sp³-hybridized carbons (Fsp3) is 0.692. The monoisotopic (exact) mass is 275 g/mol. The normalized spacial score (nSPS) is 12.5. The largest absolute Gasteiger partial charge is 0.433 e. The van der Waals surface area contributed by atoms with Gasteiger partial charge in [0.1, 0.15) is 5.69 Å². The topological polar surface area (TPSA) is 37.8 Å². The molecule has 0 spiro atoms. The summed E-state index contributed by atoms with van der Waals surface area (Å²) in [6, 6.07) is 0.869. The Morgan fingerprint density at radius 3 is 2.21 bits per heavy atom. The molecule has 108 valence electrons. The minimum atomic E-state index is -4.44. The highest BCUT2D eigenvalue weighted by Gasteiger charge is 2.32. The van der Waals surface area contributed by atoms with Gasteiger partial charge < -0.3 is 5.32 Å². The van der Waals surface area contributed by atoms with Crippen LogP contribution in [-0.2, 0) is 6.18 Å². The van der Waals surface area contributed by atoms with Crippen LogP contribution >= 0.6 is 0 Å². The van der Waals surface area contributed by atoms with Gasteiger partial charge in [-0.1, -0.05) is 27.7 Å². The van der Waals surface area contributed by atoms with Gasteiger partial charge in [0.25, 0.3) is 0 Å². The van der Waals surface area contributed by atoms with Crippen molar-refractivity contribution in [2.45, 2.75) is 33.9 Å². The Balaban J connectivity index is 2.73. The summed E-state index contributed by atoms with van der Waals surface area (Å²) in [5.41, 5.74) is -0.921. The van der Waals surface area contributed by atoms with Gasteiger partial charge in [-0.2, -0.15) is 13.2 Å². The first-order chi connectivity index (χ1) is 8.71. The van der Waals surface area contributed by atoms with E-state index in [9.17, 15) is 13.2 Å². The third-order valence-corrected chi connectivity index (χ3v) is 3.15. The standard InChI is InChI=1S/C13H20F3N3/c1-8(2)10(9(3)4)7-18-12-17-6-5-11(19-12)13(14,15)16/h5-6,8-10H,7H2,1-4H3,(H,17,18,19). The molecule has 1 heterocycles. The van der Waals surface area contributed by atoms with Crippen molar-refractivity contribution in [3.05, 3.63) is 18.0 Å². The lowest BCUT2D eigenvalue weighted by molar-refractivity contribution is -0.141. The summed E-state index contributed by atoms with van der Waals surface area (Å²) < 4.78 is 37.5. The van der Waals surface area contributed by atoms with Crippen LogP contribution in [0.1, 0.15) is 33.4 Å². The predicted molar refractivity (Wildman–Crippen MR) is 68.7 cm³/mol. The Morgan fingerprint density at radius 2 is 1.74 bits per heavy atom. The number of aromatic nitrogens is 2. The number of hydrogen-bond donors (Lipinski definition) is 1. The molecule has 1 aromatic rings. The molecule has 19 heavy (non-hydrogen) atoms. The van der Waals surface area contributed by atoms with Crippen LogP contribution in [0.3, 0.4) is 0 Å². The number of alkyl halides is 3. The molecule has 0 aliphatic rings. The molecule has 0 amide bonds. The number of nitrogens with zero attached hydrogens (tertiary/aromatic N) is 2. The molecule has 0 saturated carbocycles. The molecule has 0 fully saturated rings. The third-order valence-electron chi connectivity index (χ3n) is 3.15. The van der Waals surface area contributed by atoms with Gasteiger partial charge in [-0.15, -0.1) is 0 Å². The smallest absolute Gasteiger partial charge is 0.354 e. The fourth-order valence-corrected chi connectivity index (χ4v) is 2.05. The minimum Gasteiger partial charge on any atom is -0.354 e. The zero-order chi connectivity index (χ0) is 14.6. The first kappa shape index (κ1) is 15.7. The van der Waals surface area contributed by atoms with E-state index >= 15 is 0 Å². The lowest BCUT2D eigenvalue weighted by atomic mass is 9.85. The number of anilines is 1. The van der Waals surface area contributed by atoms with Crippen LogP contribution in [-0.4, -0.2) is 16.5 Å². The molecule has 0 saturated heterocycles. The summed E-state index contributed by atoms with van der Waals surface area (Å²) in [6.45, 7) is 8.95. The van der Waals surface area contributed by atoms with Crippen LogP contribution in [0.25, 0.3) is 0 Å². The van der Waals surface area contributed by atoms with Gasteiger partial charge in [-0.25, -0.2) is 9.97 Å². The van der Waals surface area contributed by atoms with E-state index < -0.39 is 11.9 Å². The molecule has 1 rings (SSSR count). The van der Waals surface area contributed by atoms with Crippen molar-refractivity contribution >= 4 is 5.95 Å². The highest BCUT2D eigenvalue weighted by atomic mass is 19.4. The molecule has 0 aliphatic carbocycles. The zero-order valence-electron chi connectivity index (χ0n) is 11.6. The van der Waals surface area contributed by atoms with Gasteiger partial charge in [0.15, 0.2) is 0 Å². The molecule has 0 aromatic carbocycles. The van der Waals surface area contributed by atoms with Crippen molar-refractivity contribution in [2.24, 2.45) is 17.8 Å². The second-order valence-corrected chi connectivity index (χ2v) is 5.30. The van der Waals surface area contributed by atoms with Crippen molar-refractivity contribution in [3.63, 3.8) is 0 Å². The van der Waals surface area contributed by atoms with Crippen molar-refractivity contribution in [1.82, 2.24) is 9.97 Å². The van der Waals surface area contributed by atoms with Crippen molar-refractivity contribution < 1.29 is 13.2 Å². The number of hydrogen-bond acceptors (Lipinski definition) is 3. The summed E-state index contributed by atoms with van der Waals surface area (Å²) in [6.07, 6.45) is -3.31. The Kier molecular flexibility index (Phi) is 5.14. The molecule has 0 bridgehead atoms. The summed E-state index contributed by atoms with van der Waals surface area (Å²) in [5.74, 6) is 1.27. The first-order valence-electron chi connectivity index (χ1n) is 6.36. The molecular weight excluding hydrogens is 255 g/mol. The second kappa shape index (κ2) is 6.21. The Bertz CT molecular complexity index is 394. The Labute approximate surface area is 111 Å². The highest BCUT2D eigenvalue weighted by molar-refractivity contribution is 5.26. The fourth-order valence-electron chi connectivity index (χ4n) is 2.05. The van der Waals surface area contributed by atoms with E-state index in [1.54, 1.807) is 0 Å². The van der Waals surface area contributed by atoms with Gasteiger partial charge in [0.05, 0.1) is 0 Å². The molecule has 1 aromatic heterocycles. The third kappa shape index (κ3) is 4.69. The van der Waals surface area contributed by atoms with Crippen LogP contribution in [0.15, 0.2) is 12.3 Å². The summed E-state index contributed by atoms with van der Waals surface area (Å²) in [5, 5.41) is 2.90. The molecule has 0 aliphatic heterocycles. The minimum absolute atomic E-state index is 0.0288. The van der Waals surface area contributed by atoms with E-state index in [2.05, 4.69) is 43.0 Å². The highest BCUT2D eigenvalue weighted by Crippen LogP contribution is 2.27. The van der Waals surface area contributed by atoms with E-state index in [0.717, 1.165) is 12.3 Å². The lowest BCUT2D eigenvalue weighted by Gasteiger charge is -2.25. The summed E-state index contributed by atoms with van der Waals surface area (Å²) in [4.78, 5) is 7.31. The Morgan fingerprint density at radius 1 is 1.16 bits per heavy atom. The average molecular weight is 275 g/mol. The van der Waals surface area contributed by atoms with Crippen molar-refractivity contribution in [3.8, 4) is 0 Å².